The first kappa shape index (κ1) is 23.8. The highest BCUT2D eigenvalue weighted by Crippen LogP contribution is 2.44. The topological polar surface area (TPSA) is 95.9 Å². The first-order valence-corrected chi connectivity index (χ1v) is 12.0. The van der Waals surface area contributed by atoms with E-state index in [0.717, 1.165) is 35.1 Å². The van der Waals surface area contributed by atoms with Gasteiger partial charge < -0.3 is 20.1 Å². The third kappa shape index (κ3) is 4.93. The Morgan fingerprint density at radius 3 is 2.29 bits per heavy atom. The third-order valence-corrected chi connectivity index (χ3v) is 7.08. The number of rotatable bonds is 7. The largest absolute Gasteiger partial charge is 0.480 e. The van der Waals surface area contributed by atoms with Crippen molar-refractivity contribution >= 4 is 18.0 Å². The number of aliphatic carboxylic acids is 1. The van der Waals surface area contributed by atoms with Gasteiger partial charge >= 0.3 is 12.1 Å². The van der Waals surface area contributed by atoms with Gasteiger partial charge in [0.15, 0.2) is 0 Å². The predicted octanol–water partition coefficient (Wildman–Crippen LogP) is 4.41. The summed E-state index contributed by atoms with van der Waals surface area (Å²) in [4.78, 5) is 38.5. The van der Waals surface area contributed by atoms with Crippen LogP contribution in [-0.2, 0) is 14.3 Å². The highest BCUT2D eigenvalue weighted by Gasteiger charge is 2.36. The molecule has 0 saturated carbocycles. The van der Waals surface area contributed by atoms with E-state index >= 15 is 0 Å². The molecule has 2 aromatic rings. The zero-order chi connectivity index (χ0) is 24.2. The molecule has 1 saturated heterocycles. The maximum Gasteiger partial charge on any atom is 0.407 e. The Balaban J connectivity index is 1.32. The number of nitrogens with one attached hydrogen (secondary N) is 1. The third-order valence-electron chi connectivity index (χ3n) is 7.08. The lowest BCUT2D eigenvalue weighted by atomic mass is 9.88. The SMILES string of the molecule is CCC1CCN(C(=O)C[C@@H](C)NC(=O)OCC2c3ccccc3-c3ccccc32)C(C(=O)O)C1. The van der Waals surface area contributed by atoms with Gasteiger partial charge in [0, 0.05) is 24.9 Å². The molecule has 1 fully saturated rings. The van der Waals surface area contributed by atoms with Crippen LogP contribution in [0.1, 0.15) is 56.6 Å². The highest BCUT2D eigenvalue weighted by atomic mass is 16.5. The molecule has 2 unspecified atom stereocenters. The number of amides is 2. The summed E-state index contributed by atoms with van der Waals surface area (Å²) >= 11 is 0. The Bertz CT molecular complexity index is 1020. The Morgan fingerprint density at radius 1 is 1.09 bits per heavy atom. The number of carboxylic acids is 1. The molecule has 180 valence electrons. The number of ether oxygens (including phenoxy) is 1. The van der Waals surface area contributed by atoms with Crippen molar-refractivity contribution in [3.05, 3.63) is 59.7 Å². The van der Waals surface area contributed by atoms with Crippen molar-refractivity contribution in [3.63, 3.8) is 0 Å². The lowest BCUT2D eigenvalue weighted by Gasteiger charge is -2.37. The summed E-state index contributed by atoms with van der Waals surface area (Å²) in [6, 6.07) is 15.0. The van der Waals surface area contributed by atoms with Crippen LogP contribution in [0.4, 0.5) is 4.79 Å². The second kappa shape index (κ2) is 10.3. The molecule has 0 bridgehead atoms. The standard InChI is InChI=1S/C27H32N2O5/c1-3-18-12-13-29(24(15-18)26(31)32)25(30)14-17(2)28-27(33)34-16-23-21-10-6-4-8-19(21)20-9-5-7-11-22(20)23/h4-11,17-18,23-24H,3,12-16H2,1-2H3,(H,28,33)(H,31,32)/t17-,18?,24?/m1/s1. The van der Waals surface area contributed by atoms with Gasteiger partial charge in [0.05, 0.1) is 0 Å². The fraction of sp³-hybridized carbons (Fsp3) is 0.444. The summed E-state index contributed by atoms with van der Waals surface area (Å²) in [5.41, 5.74) is 4.58. The minimum Gasteiger partial charge on any atom is -0.480 e. The highest BCUT2D eigenvalue weighted by molar-refractivity contribution is 5.84. The Labute approximate surface area is 200 Å². The van der Waals surface area contributed by atoms with E-state index < -0.39 is 24.1 Å². The fourth-order valence-corrected chi connectivity index (χ4v) is 5.21. The van der Waals surface area contributed by atoms with Crippen molar-refractivity contribution in [1.82, 2.24) is 10.2 Å². The van der Waals surface area contributed by atoms with Gasteiger partial charge in [-0.25, -0.2) is 9.59 Å². The smallest absolute Gasteiger partial charge is 0.407 e. The van der Waals surface area contributed by atoms with Crippen molar-refractivity contribution in [3.8, 4) is 11.1 Å². The van der Waals surface area contributed by atoms with Crippen LogP contribution in [0, 0.1) is 5.92 Å². The molecule has 0 radical (unpaired) electrons. The number of carbonyl (C=O) groups is 3. The van der Waals surface area contributed by atoms with E-state index in [1.54, 1.807) is 6.92 Å². The summed E-state index contributed by atoms with van der Waals surface area (Å²) < 4.78 is 5.56. The monoisotopic (exact) mass is 464 g/mol. The van der Waals surface area contributed by atoms with Crippen LogP contribution in [0.5, 0.6) is 0 Å². The average molecular weight is 465 g/mol. The molecule has 1 aliphatic carbocycles. The maximum atomic E-state index is 12.8. The zero-order valence-corrected chi connectivity index (χ0v) is 19.7. The van der Waals surface area contributed by atoms with E-state index in [4.69, 9.17) is 4.74 Å². The summed E-state index contributed by atoms with van der Waals surface area (Å²) in [5, 5.41) is 12.3. The summed E-state index contributed by atoms with van der Waals surface area (Å²) in [7, 11) is 0. The van der Waals surface area contributed by atoms with Crippen LogP contribution in [-0.4, -0.2) is 53.2 Å². The molecule has 34 heavy (non-hydrogen) atoms. The van der Waals surface area contributed by atoms with E-state index in [-0.39, 0.29) is 24.9 Å². The van der Waals surface area contributed by atoms with Gasteiger partial charge in [-0.3, -0.25) is 4.79 Å². The second-order valence-corrected chi connectivity index (χ2v) is 9.31. The number of carboxylic acid groups (broad SMARTS) is 1. The molecule has 0 spiro atoms. The number of hydrogen-bond donors (Lipinski definition) is 2. The molecular formula is C27H32N2O5. The number of benzene rings is 2. The first-order valence-electron chi connectivity index (χ1n) is 12.0. The number of hydrogen-bond acceptors (Lipinski definition) is 4. The van der Waals surface area contributed by atoms with E-state index in [1.165, 1.54) is 4.90 Å². The quantitative estimate of drug-likeness (QED) is 0.633. The van der Waals surface area contributed by atoms with Gasteiger partial charge in [0.25, 0.3) is 0 Å². The normalized spacial score (nSPS) is 20.2. The van der Waals surface area contributed by atoms with Crippen LogP contribution in [0.25, 0.3) is 11.1 Å². The zero-order valence-electron chi connectivity index (χ0n) is 19.7. The molecule has 1 aliphatic heterocycles. The van der Waals surface area contributed by atoms with Crippen LogP contribution in [0.15, 0.2) is 48.5 Å². The van der Waals surface area contributed by atoms with Crippen LogP contribution in [0.3, 0.4) is 0 Å². The van der Waals surface area contributed by atoms with Gasteiger partial charge in [-0.15, -0.1) is 0 Å². The molecule has 2 N–H and O–H groups in total. The second-order valence-electron chi connectivity index (χ2n) is 9.31. The first-order chi connectivity index (χ1) is 16.4. The molecule has 3 atom stereocenters. The van der Waals surface area contributed by atoms with Crippen LogP contribution in [0.2, 0.25) is 0 Å². The molecule has 2 aliphatic rings. The van der Waals surface area contributed by atoms with E-state index in [0.29, 0.717) is 18.9 Å². The molecule has 2 aromatic carbocycles. The molecule has 0 aromatic heterocycles. The lowest BCUT2D eigenvalue weighted by molar-refractivity contribution is -0.153. The van der Waals surface area contributed by atoms with E-state index in [2.05, 4.69) is 29.6 Å². The Hall–Kier alpha value is -3.35. The number of piperidine rings is 1. The van der Waals surface area contributed by atoms with E-state index in [9.17, 15) is 19.5 Å². The number of fused-ring (bicyclic) bond motifs is 3. The molecular weight excluding hydrogens is 432 g/mol. The Kier molecular flexibility index (Phi) is 7.20. The Morgan fingerprint density at radius 2 is 1.71 bits per heavy atom. The van der Waals surface area contributed by atoms with Gasteiger partial charge in [-0.1, -0.05) is 61.9 Å². The fourth-order valence-electron chi connectivity index (χ4n) is 5.21. The predicted molar refractivity (Wildman–Crippen MR) is 128 cm³/mol. The number of likely N-dealkylation sites (tertiary alicyclic amines) is 1. The summed E-state index contributed by atoms with van der Waals surface area (Å²) in [6.07, 6.45) is 1.64. The van der Waals surface area contributed by atoms with Crippen molar-refractivity contribution < 1.29 is 24.2 Å². The van der Waals surface area contributed by atoms with Gasteiger partial charge in [-0.2, -0.15) is 0 Å². The number of alkyl carbamates (subject to hydrolysis) is 1. The minimum absolute atomic E-state index is 0.0325. The number of carbonyl (C=O) groups excluding carboxylic acids is 2. The summed E-state index contributed by atoms with van der Waals surface area (Å²) in [5.74, 6) is -0.940. The van der Waals surface area contributed by atoms with Gasteiger partial charge in [0.2, 0.25) is 5.91 Å². The molecule has 1 heterocycles. The lowest BCUT2D eigenvalue weighted by Crippen LogP contribution is -2.51. The van der Waals surface area contributed by atoms with E-state index in [1.807, 2.05) is 31.2 Å². The molecule has 4 rings (SSSR count). The van der Waals surface area contributed by atoms with Gasteiger partial charge in [-0.05, 0) is 47.9 Å². The van der Waals surface area contributed by atoms with Crippen molar-refractivity contribution in [2.24, 2.45) is 5.92 Å². The summed E-state index contributed by atoms with van der Waals surface area (Å²) in [6.45, 7) is 4.41. The van der Waals surface area contributed by atoms with Crippen molar-refractivity contribution in [2.45, 2.75) is 57.5 Å². The molecule has 2 amide bonds. The van der Waals surface area contributed by atoms with Crippen LogP contribution < -0.4 is 5.32 Å². The average Bonchev–Trinajstić information content (AvgIpc) is 3.15. The molecule has 7 heteroatoms. The number of nitrogens with zero attached hydrogens (tertiary/aromatic N) is 1. The van der Waals surface area contributed by atoms with Crippen LogP contribution >= 0.6 is 0 Å². The maximum absolute atomic E-state index is 12.8. The minimum atomic E-state index is -0.969. The molecule has 7 nitrogen and oxygen atoms in total. The van der Waals surface area contributed by atoms with Gasteiger partial charge in [0.1, 0.15) is 12.6 Å². The van der Waals surface area contributed by atoms with Crippen molar-refractivity contribution in [1.29, 1.82) is 0 Å². The van der Waals surface area contributed by atoms with Crippen molar-refractivity contribution in [2.75, 3.05) is 13.2 Å².